The van der Waals surface area contributed by atoms with Crippen LogP contribution in [-0.2, 0) is 4.79 Å². The summed E-state index contributed by atoms with van der Waals surface area (Å²) in [7, 11) is 0. The van der Waals surface area contributed by atoms with Gasteiger partial charge in [-0.3, -0.25) is 9.59 Å². The molecule has 0 aliphatic heterocycles. The molecular formula is C17H14BrNO2. The number of benzene rings is 2. The molecule has 0 atom stereocenters. The van der Waals surface area contributed by atoms with Crippen LogP contribution in [0.4, 0.5) is 5.69 Å². The first-order valence-corrected chi connectivity index (χ1v) is 7.20. The fourth-order valence-corrected chi connectivity index (χ4v) is 2.19. The van der Waals surface area contributed by atoms with Gasteiger partial charge in [0, 0.05) is 21.8 Å². The van der Waals surface area contributed by atoms with Gasteiger partial charge in [0.05, 0.1) is 0 Å². The van der Waals surface area contributed by atoms with Crippen molar-refractivity contribution in [2.24, 2.45) is 0 Å². The molecule has 2 aromatic carbocycles. The number of ketones is 1. The van der Waals surface area contributed by atoms with Gasteiger partial charge in [-0.2, -0.15) is 0 Å². The molecule has 0 bridgehead atoms. The van der Waals surface area contributed by atoms with E-state index >= 15 is 0 Å². The third-order valence-electron chi connectivity index (χ3n) is 2.86. The van der Waals surface area contributed by atoms with Crippen LogP contribution in [0.15, 0.2) is 59.1 Å². The van der Waals surface area contributed by atoms with Crippen molar-refractivity contribution in [1.82, 2.24) is 0 Å². The summed E-state index contributed by atoms with van der Waals surface area (Å²) < 4.78 is 0.924. The molecule has 0 heterocycles. The largest absolute Gasteiger partial charge is 0.322 e. The van der Waals surface area contributed by atoms with Gasteiger partial charge >= 0.3 is 0 Å². The van der Waals surface area contributed by atoms with Crippen LogP contribution in [0.3, 0.4) is 0 Å². The maximum Gasteiger partial charge on any atom is 0.248 e. The summed E-state index contributed by atoms with van der Waals surface area (Å²) in [6.45, 7) is 1.49. The number of amides is 1. The first kappa shape index (κ1) is 15.2. The van der Waals surface area contributed by atoms with E-state index in [9.17, 15) is 9.59 Å². The lowest BCUT2D eigenvalue weighted by molar-refractivity contribution is -0.111. The lowest BCUT2D eigenvalue weighted by atomic mass is 10.1. The molecule has 1 N–H and O–H groups in total. The first-order chi connectivity index (χ1) is 10.1. The van der Waals surface area contributed by atoms with E-state index in [1.165, 1.54) is 13.0 Å². The number of carbonyl (C=O) groups excluding carboxylic acids is 2. The Morgan fingerprint density at radius 2 is 1.86 bits per heavy atom. The summed E-state index contributed by atoms with van der Waals surface area (Å²) in [5.41, 5.74) is 2.09. The fourth-order valence-electron chi connectivity index (χ4n) is 1.78. The predicted molar refractivity (Wildman–Crippen MR) is 88.3 cm³/mol. The van der Waals surface area contributed by atoms with Gasteiger partial charge < -0.3 is 5.32 Å². The SMILES string of the molecule is CC(=O)c1cccc(NC(=O)/C=C/c2ccccc2Br)c1. The van der Waals surface area contributed by atoms with Crippen molar-refractivity contribution in [3.8, 4) is 0 Å². The third-order valence-corrected chi connectivity index (χ3v) is 3.58. The molecule has 0 saturated carbocycles. The number of hydrogen-bond donors (Lipinski definition) is 1. The number of halogens is 1. The third kappa shape index (κ3) is 4.39. The van der Waals surface area contributed by atoms with Gasteiger partial charge in [-0.15, -0.1) is 0 Å². The molecule has 0 radical (unpaired) electrons. The van der Waals surface area contributed by atoms with Crippen LogP contribution < -0.4 is 5.32 Å². The molecule has 2 rings (SSSR count). The van der Waals surface area contributed by atoms with Crippen molar-refractivity contribution >= 4 is 39.4 Å². The summed E-state index contributed by atoms with van der Waals surface area (Å²) in [5, 5.41) is 2.73. The molecule has 4 heteroatoms. The van der Waals surface area contributed by atoms with Crippen LogP contribution in [0, 0.1) is 0 Å². The van der Waals surface area contributed by atoms with E-state index in [2.05, 4.69) is 21.2 Å². The lowest BCUT2D eigenvalue weighted by Gasteiger charge is -2.04. The summed E-state index contributed by atoms with van der Waals surface area (Å²) in [5.74, 6) is -0.277. The molecule has 1 amide bonds. The van der Waals surface area contributed by atoms with E-state index in [0.29, 0.717) is 11.3 Å². The maximum atomic E-state index is 11.9. The molecule has 0 aliphatic carbocycles. The van der Waals surface area contributed by atoms with Crippen LogP contribution in [-0.4, -0.2) is 11.7 Å². The molecule has 0 saturated heterocycles. The fraction of sp³-hybridized carbons (Fsp3) is 0.0588. The molecule has 0 fully saturated rings. The van der Waals surface area contributed by atoms with Crippen molar-refractivity contribution in [2.75, 3.05) is 5.32 Å². The Kier molecular flexibility index (Phi) is 5.06. The smallest absolute Gasteiger partial charge is 0.248 e. The molecule has 0 spiro atoms. The second-order valence-corrected chi connectivity index (χ2v) is 5.34. The number of nitrogens with one attached hydrogen (secondary N) is 1. The molecule has 21 heavy (non-hydrogen) atoms. The average molecular weight is 344 g/mol. The summed E-state index contributed by atoms with van der Waals surface area (Å²) in [6.07, 6.45) is 3.19. The van der Waals surface area contributed by atoms with E-state index in [0.717, 1.165) is 10.0 Å². The molecule has 0 aromatic heterocycles. The predicted octanol–water partition coefficient (Wildman–Crippen LogP) is 4.30. The first-order valence-electron chi connectivity index (χ1n) is 6.41. The van der Waals surface area contributed by atoms with Crippen molar-refractivity contribution in [3.63, 3.8) is 0 Å². The van der Waals surface area contributed by atoms with E-state index < -0.39 is 0 Å². The second-order valence-electron chi connectivity index (χ2n) is 4.48. The topological polar surface area (TPSA) is 46.2 Å². The Morgan fingerprint density at radius 1 is 1.10 bits per heavy atom. The molecule has 3 nitrogen and oxygen atoms in total. The van der Waals surface area contributed by atoms with Gasteiger partial charge in [0.2, 0.25) is 5.91 Å². The van der Waals surface area contributed by atoms with Gasteiger partial charge in [-0.05, 0) is 36.8 Å². The maximum absolute atomic E-state index is 11.9. The lowest BCUT2D eigenvalue weighted by Crippen LogP contribution is -2.08. The number of rotatable bonds is 4. The quantitative estimate of drug-likeness (QED) is 0.664. The van der Waals surface area contributed by atoms with Gasteiger partial charge in [0.15, 0.2) is 5.78 Å². The Hall–Kier alpha value is -2.20. The van der Waals surface area contributed by atoms with Crippen LogP contribution in [0.2, 0.25) is 0 Å². The van der Waals surface area contributed by atoms with Crippen LogP contribution in [0.25, 0.3) is 6.08 Å². The van der Waals surface area contributed by atoms with Crippen molar-refractivity contribution < 1.29 is 9.59 Å². The Balaban J connectivity index is 2.07. The van der Waals surface area contributed by atoms with Crippen LogP contribution >= 0.6 is 15.9 Å². The van der Waals surface area contributed by atoms with Gasteiger partial charge in [0.1, 0.15) is 0 Å². The zero-order chi connectivity index (χ0) is 15.2. The van der Waals surface area contributed by atoms with E-state index in [1.54, 1.807) is 30.3 Å². The Morgan fingerprint density at radius 3 is 2.57 bits per heavy atom. The minimum absolute atomic E-state index is 0.0325. The normalized spacial score (nSPS) is 10.6. The highest BCUT2D eigenvalue weighted by Gasteiger charge is 2.02. The summed E-state index contributed by atoms with van der Waals surface area (Å²) in [4.78, 5) is 23.2. The summed E-state index contributed by atoms with van der Waals surface area (Å²) in [6, 6.07) is 14.5. The summed E-state index contributed by atoms with van der Waals surface area (Å²) >= 11 is 3.42. The monoisotopic (exact) mass is 343 g/mol. The van der Waals surface area contributed by atoms with E-state index in [1.807, 2.05) is 24.3 Å². The molecular weight excluding hydrogens is 330 g/mol. The standard InChI is InChI=1S/C17H14BrNO2/c1-12(20)14-6-4-7-15(11-14)19-17(21)10-9-13-5-2-3-8-16(13)18/h2-11H,1H3,(H,19,21)/b10-9+. The molecule has 106 valence electrons. The second kappa shape index (κ2) is 6.99. The zero-order valence-electron chi connectivity index (χ0n) is 11.5. The minimum atomic E-state index is -0.244. The van der Waals surface area contributed by atoms with Gasteiger partial charge in [0.25, 0.3) is 0 Å². The molecule has 0 aliphatic rings. The molecule has 2 aromatic rings. The van der Waals surface area contributed by atoms with Crippen molar-refractivity contribution in [3.05, 3.63) is 70.2 Å². The number of anilines is 1. The van der Waals surface area contributed by atoms with E-state index in [4.69, 9.17) is 0 Å². The number of hydrogen-bond acceptors (Lipinski definition) is 2. The van der Waals surface area contributed by atoms with Gasteiger partial charge in [-0.1, -0.05) is 46.3 Å². The zero-order valence-corrected chi connectivity index (χ0v) is 13.1. The van der Waals surface area contributed by atoms with Crippen LogP contribution in [0.5, 0.6) is 0 Å². The highest BCUT2D eigenvalue weighted by atomic mass is 79.9. The highest BCUT2D eigenvalue weighted by Crippen LogP contribution is 2.17. The van der Waals surface area contributed by atoms with Crippen molar-refractivity contribution in [1.29, 1.82) is 0 Å². The minimum Gasteiger partial charge on any atom is -0.322 e. The highest BCUT2D eigenvalue weighted by molar-refractivity contribution is 9.10. The Labute approximate surface area is 131 Å². The van der Waals surface area contributed by atoms with Gasteiger partial charge in [-0.25, -0.2) is 0 Å². The number of carbonyl (C=O) groups is 2. The molecule has 0 unspecified atom stereocenters. The van der Waals surface area contributed by atoms with E-state index in [-0.39, 0.29) is 11.7 Å². The number of Topliss-reactive ketones (excluding diaryl/α,β-unsaturated/α-hetero) is 1. The van der Waals surface area contributed by atoms with Crippen LogP contribution in [0.1, 0.15) is 22.8 Å². The average Bonchev–Trinajstić information content (AvgIpc) is 2.46. The Bertz CT molecular complexity index is 707. The van der Waals surface area contributed by atoms with Crippen molar-refractivity contribution in [2.45, 2.75) is 6.92 Å².